The van der Waals surface area contributed by atoms with Gasteiger partial charge in [0.05, 0.1) is 6.10 Å². The predicted molar refractivity (Wildman–Crippen MR) is 106 cm³/mol. The summed E-state index contributed by atoms with van der Waals surface area (Å²) in [7, 11) is 0. The van der Waals surface area contributed by atoms with Crippen LogP contribution in [0.4, 0.5) is 0 Å². The molecule has 1 fully saturated rings. The molecule has 0 radical (unpaired) electrons. The first-order chi connectivity index (χ1) is 15.6. The van der Waals surface area contributed by atoms with E-state index in [9.17, 15) is 40.5 Å². The number of phenols is 3. The number of aromatic hydroxyl groups is 3. The molecule has 8 N–H and O–H groups in total. The van der Waals surface area contributed by atoms with E-state index in [1.54, 1.807) is 0 Å². The Bertz CT molecular complexity index is 1060. The van der Waals surface area contributed by atoms with Gasteiger partial charge in [0.25, 0.3) is 0 Å². The topological polar surface area (TPSA) is 207 Å². The van der Waals surface area contributed by atoms with E-state index in [0.717, 1.165) is 6.07 Å². The van der Waals surface area contributed by atoms with Crippen molar-refractivity contribution >= 4 is 5.97 Å². The molecule has 0 aromatic heterocycles. The van der Waals surface area contributed by atoms with Crippen LogP contribution in [0, 0.1) is 0 Å². The molecule has 7 atom stereocenters. The number of benzene rings is 2. The maximum Gasteiger partial charge on any atom is 0.335 e. The zero-order chi connectivity index (χ0) is 24.0. The van der Waals surface area contributed by atoms with Crippen molar-refractivity contribution in [2.75, 3.05) is 0 Å². The number of carboxylic acids is 1. The zero-order valence-electron chi connectivity index (χ0n) is 16.8. The van der Waals surface area contributed by atoms with Crippen molar-refractivity contribution in [1.82, 2.24) is 0 Å². The minimum Gasteiger partial charge on any atom is -0.508 e. The Morgan fingerprint density at radius 3 is 2.36 bits per heavy atom. The molecule has 0 bridgehead atoms. The van der Waals surface area contributed by atoms with E-state index >= 15 is 0 Å². The lowest BCUT2D eigenvalue weighted by Crippen LogP contribution is -2.61. The number of carboxylic acid groups (broad SMARTS) is 1. The number of rotatable bonds is 4. The van der Waals surface area contributed by atoms with Gasteiger partial charge in [-0.1, -0.05) is 6.07 Å². The second-order valence-corrected chi connectivity index (χ2v) is 7.83. The third-order valence-electron chi connectivity index (χ3n) is 5.56. The minimum atomic E-state index is -1.91. The minimum absolute atomic E-state index is 0.00198. The summed E-state index contributed by atoms with van der Waals surface area (Å²) >= 11 is 0. The Labute approximate surface area is 186 Å². The van der Waals surface area contributed by atoms with Crippen molar-refractivity contribution in [3.8, 4) is 28.7 Å². The number of aliphatic hydroxyl groups is 4. The first-order valence-electron chi connectivity index (χ1n) is 9.88. The maximum absolute atomic E-state index is 11.3. The van der Waals surface area contributed by atoms with Crippen molar-refractivity contribution in [3.05, 3.63) is 41.5 Å². The highest BCUT2D eigenvalue weighted by Gasteiger charge is 2.48. The summed E-state index contributed by atoms with van der Waals surface area (Å²) < 4.78 is 16.2. The summed E-state index contributed by atoms with van der Waals surface area (Å²) in [5, 5.41) is 79.4. The lowest BCUT2D eigenvalue weighted by Gasteiger charge is -2.38. The lowest BCUT2D eigenvalue weighted by atomic mass is 9.94. The van der Waals surface area contributed by atoms with E-state index in [1.807, 2.05) is 0 Å². The van der Waals surface area contributed by atoms with Crippen LogP contribution in [-0.2, 0) is 16.0 Å². The fraction of sp³-hybridized carbons (Fsp3) is 0.381. The Morgan fingerprint density at radius 2 is 1.67 bits per heavy atom. The molecule has 12 heteroatoms. The fourth-order valence-electron chi connectivity index (χ4n) is 3.83. The second kappa shape index (κ2) is 8.57. The average molecular weight is 466 g/mol. The summed E-state index contributed by atoms with van der Waals surface area (Å²) in [5.74, 6) is -2.65. The number of carbonyl (C=O) groups is 1. The van der Waals surface area contributed by atoms with Gasteiger partial charge < -0.3 is 55.1 Å². The molecule has 2 aliphatic heterocycles. The maximum atomic E-state index is 11.3. The first-order valence-corrected chi connectivity index (χ1v) is 9.88. The summed E-state index contributed by atoms with van der Waals surface area (Å²) in [6.45, 7) is 0. The van der Waals surface area contributed by atoms with E-state index in [1.165, 1.54) is 24.3 Å². The Balaban J connectivity index is 1.60. The van der Waals surface area contributed by atoms with Gasteiger partial charge in [0.2, 0.25) is 6.29 Å². The molecule has 2 aromatic carbocycles. The van der Waals surface area contributed by atoms with Gasteiger partial charge in [-0.3, -0.25) is 0 Å². The number of fused-ring (bicyclic) bond motifs is 1. The molecule has 0 saturated carbocycles. The Kier molecular flexibility index (Phi) is 5.95. The molecule has 0 unspecified atom stereocenters. The lowest BCUT2D eigenvalue weighted by molar-refractivity contribution is -0.271. The third-order valence-corrected chi connectivity index (χ3v) is 5.56. The Morgan fingerprint density at radius 1 is 0.939 bits per heavy atom. The predicted octanol–water partition coefficient (Wildman–Crippen LogP) is -0.889. The van der Waals surface area contributed by atoms with E-state index in [4.69, 9.17) is 19.3 Å². The molecule has 0 amide bonds. The highest BCUT2D eigenvalue weighted by Crippen LogP contribution is 2.43. The van der Waals surface area contributed by atoms with Crippen LogP contribution in [-0.4, -0.2) is 83.6 Å². The van der Waals surface area contributed by atoms with Crippen molar-refractivity contribution in [1.29, 1.82) is 0 Å². The summed E-state index contributed by atoms with van der Waals surface area (Å²) in [6, 6.07) is 6.26. The third kappa shape index (κ3) is 4.21. The van der Waals surface area contributed by atoms with Crippen molar-refractivity contribution in [2.45, 2.75) is 49.3 Å². The van der Waals surface area contributed by atoms with Gasteiger partial charge >= 0.3 is 5.97 Å². The highest BCUT2D eigenvalue weighted by molar-refractivity contribution is 5.73. The van der Waals surface area contributed by atoms with Gasteiger partial charge in [-0.15, -0.1) is 0 Å². The molecule has 2 aliphatic rings. The normalized spacial score (nSPS) is 31.3. The number of aliphatic hydroxyl groups excluding tert-OH is 4. The monoisotopic (exact) mass is 466 g/mol. The molecule has 12 nitrogen and oxygen atoms in total. The van der Waals surface area contributed by atoms with Gasteiger partial charge in [-0.25, -0.2) is 4.79 Å². The Hall–Kier alpha value is -3.29. The van der Waals surface area contributed by atoms with Gasteiger partial charge in [0.1, 0.15) is 41.7 Å². The fourth-order valence-corrected chi connectivity index (χ4v) is 3.83. The molecule has 2 heterocycles. The number of ether oxygens (including phenoxy) is 3. The van der Waals surface area contributed by atoms with Gasteiger partial charge in [0, 0.05) is 24.1 Å². The van der Waals surface area contributed by atoms with E-state index in [-0.39, 0.29) is 29.4 Å². The smallest absolute Gasteiger partial charge is 0.335 e. The number of hydrogen-bond acceptors (Lipinski definition) is 11. The van der Waals surface area contributed by atoms with Crippen LogP contribution in [0.25, 0.3) is 0 Å². The molecule has 0 spiro atoms. The van der Waals surface area contributed by atoms with E-state index < -0.39 is 54.6 Å². The quantitative estimate of drug-likeness (QED) is 0.276. The zero-order valence-corrected chi connectivity index (χ0v) is 16.8. The standard InChI is InChI=1S/C21H22O12/c22-8-4-11(24)9-6-12(25)18(31-13(9)5-8)7-1-2-10(23)14(3-7)32-21-17(28)15(26)16(27)19(33-21)20(29)30/h1-5,12,15-19,21-28H,6H2,(H,29,30)/t12-,15+,16+,17-,18-,19+,21-/m1/s1. The summed E-state index contributed by atoms with van der Waals surface area (Å²) in [6.07, 6.45) is -11.4. The number of hydrogen-bond donors (Lipinski definition) is 8. The van der Waals surface area contributed by atoms with Crippen LogP contribution in [0.15, 0.2) is 30.3 Å². The molecule has 2 aromatic rings. The van der Waals surface area contributed by atoms with Crippen LogP contribution in [0.3, 0.4) is 0 Å². The largest absolute Gasteiger partial charge is 0.508 e. The van der Waals surface area contributed by atoms with Crippen molar-refractivity contribution in [3.63, 3.8) is 0 Å². The average Bonchev–Trinajstić information content (AvgIpc) is 2.75. The second-order valence-electron chi connectivity index (χ2n) is 7.83. The molecule has 0 aliphatic carbocycles. The van der Waals surface area contributed by atoms with Crippen LogP contribution in [0.2, 0.25) is 0 Å². The number of aliphatic carboxylic acids is 1. The molecule has 33 heavy (non-hydrogen) atoms. The molecule has 4 rings (SSSR count). The van der Waals surface area contributed by atoms with E-state index in [0.29, 0.717) is 11.1 Å². The molecule has 1 saturated heterocycles. The first kappa shape index (κ1) is 22.9. The number of phenolic OH excluding ortho intramolecular Hbond substituents is 3. The van der Waals surface area contributed by atoms with E-state index in [2.05, 4.69) is 0 Å². The molecule has 178 valence electrons. The van der Waals surface area contributed by atoms with Crippen LogP contribution in [0.1, 0.15) is 17.2 Å². The van der Waals surface area contributed by atoms with Crippen LogP contribution >= 0.6 is 0 Å². The molecular weight excluding hydrogens is 444 g/mol. The van der Waals surface area contributed by atoms with Gasteiger partial charge in [0.15, 0.2) is 17.6 Å². The van der Waals surface area contributed by atoms with Gasteiger partial charge in [-0.05, 0) is 17.7 Å². The summed E-state index contributed by atoms with van der Waals surface area (Å²) in [4.78, 5) is 11.3. The van der Waals surface area contributed by atoms with Crippen LogP contribution < -0.4 is 9.47 Å². The molecular formula is C21H22O12. The van der Waals surface area contributed by atoms with Crippen molar-refractivity contribution in [2.24, 2.45) is 0 Å². The summed E-state index contributed by atoms with van der Waals surface area (Å²) in [5.41, 5.74) is 0.599. The van der Waals surface area contributed by atoms with Crippen molar-refractivity contribution < 1.29 is 59.9 Å². The van der Waals surface area contributed by atoms with Crippen LogP contribution in [0.5, 0.6) is 28.7 Å². The highest BCUT2D eigenvalue weighted by atomic mass is 16.7. The van der Waals surface area contributed by atoms with Gasteiger partial charge in [-0.2, -0.15) is 0 Å². The SMILES string of the molecule is O=C(O)[C@H]1O[C@@H](Oc2cc([C@H]3Oc4cc(O)cc(O)c4C[C@H]3O)ccc2O)[C@H](O)[C@@H](O)[C@@H]1O.